The Bertz CT molecular complexity index is 672. The summed E-state index contributed by atoms with van der Waals surface area (Å²) >= 11 is 1.55. The fraction of sp³-hybridized carbons (Fsp3) is 0.429. The maximum absolute atomic E-state index is 11.8. The molecule has 3 N–H and O–H groups in total. The van der Waals surface area contributed by atoms with Crippen LogP contribution >= 0.6 is 11.8 Å². The molecular formula is C14H18N4OS. The quantitative estimate of drug-likeness (QED) is 0.881. The summed E-state index contributed by atoms with van der Waals surface area (Å²) in [7, 11) is 0. The van der Waals surface area contributed by atoms with Crippen molar-refractivity contribution in [3.8, 4) is 0 Å². The van der Waals surface area contributed by atoms with Crippen molar-refractivity contribution < 1.29 is 0 Å². The van der Waals surface area contributed by atoms with Gasteiger partial charge in [0, 0.05) is 10.9 Å². The third-order valence-electron chi connectivity index (χ3n) is 3.46. The second-order valence-corrected chi connectivity index (χ2v) is 6.16. The van der Waals surface area contributed by atoms with Crippen molar-refractivity contribution in [2.75, 3.05) is 6.54 Å². The Labute approximate surface area is 121 Å². The molecule has 1 aromatic carbocycles. The Balaban J connectivity index is 1.86. The topological polar surface area (TPSA) is 76.7 Å². The van der Waals surface area contributed by atoms with Crippen molar-refractivity contribution in [2.45, 2.75) is 42.3 Å². The maximum Gasteiger partial charge on any atom is 0.344 e. The lowest BCUT2D eigenvalue weighted by molar-refractivity contribution is 0.642. The summed E-state index contributed by atoms with van der Waals surface area (Å²) in [4.78, 5) is 12.9. The van der Waals surface area contributed by atoms with Crippen molar-refractivity contribution in [1.82, 2.24) is 14.8 Å². The van der Waals surface area contributed by atoms with Crippen LogP contribution in [0.1, 0.15) is 30.0 Å². The summed E-state index contributed by atoms with van der Waals surface area (Å²) in [6.07, 6.45) is 3.03. The lowest BCUT2D eigenvalue weighted by atomic mass is 10.1. The highest BCUT2D eigenvalue weighted by molar-refractivity contribution is 7.99. The molecule has 1 fully saturated rings. The lowest BCUT2D eigenvalue weighted by Crippen LogP contribution is -2.16. The summed E-state index contributed by atoms with van der Waals surface area (Å²) in [6, 6.07) is 6.66. The van der Waals surface area contributed by atoms with Crippen LogP contribution in [0.15, 0.2) is 33.0 Å². The van der Waals surface area contributed by atoms with Crippen molar-refractivity contribution in [3.63, 3.8) is 0 Å². The van der Waals surface area contributed by atoms with Gasteiger partial charge in [0.1, 0.15) is 0 Å². The first-order valence-electron chi connectivity index (χ1n) is 6.83. The molecular weight excluding hydrogens is 272 g/mol. The highest BCUT2D eigenvalue weighted by Crippen LogP contribution is 2.38. The monoisotopic (exact) mass is 290 g/mol. The molecule has 1 aliphatic carbocycles. The molecule has 0 atom stereocenters. The maximum atomic E-state index is 11.8. The number of hydrogen-bond acceptors (Lipinski definition) is 4. The number of benzene rings is 1. The van der Waals surface area contributed by atoms with Crippen LogP contribution in [0.25, 0.3) is 0 Å². The Kier molecular flexibility index (Phi) is 3.67. The minimum atomic E-state index is -0.104. The molecule has 0 unspecified atom stereocenters. The number of aromatic nitrogens is 3. The van der Waals surface area contributed by atoms with E-state index in [1.807, 2.05) is 0 Å². The highest BCUT2D eigenvalue weighted by Gasteiger charge is 2.28. The fourth-order valence-corrected chi connectivity index (χ4v) is 3.24. The van der Waals surface area contributed by atoms with E-state index in [1.165, 1.54) is 11.1 Å². The summed E-state index contributed by atoms with van der Waals surface area (Å²) in [6.45, 7) is 2.74. The van der Waals surface area contributed by atoms with Crippen LogP contribution in [0.3, 0.4) is 0 Å². The van der Waals surface area contributed by atoms with Gasteiger partial charge >= 0.3 is 5.69 Å². The first-order valence-corrected chi connectivity index (χ1v) is 7.65. The molecule has 0 saturated heterocycles. The summed E-state index contributed by atoms with van der Waals surface area (Å²) in [5.74, 6) is 0. The zero-order valence-electron chi connectivity index (χ0n) is 11.4. The SMILES string of the molecule is Cc1cc(CCN)ccc1Sc1n[nH]c(=O)n1C1CC1. The molecule has 1 aliphatic rings. The van der Waals surface area contributed by atoms with Crippen molar-refractivity contribution in [2.24, 2.45) is 5.73 Å². The van der Waals surface area contributed by atoms with E-state index in [0.717, 1.165) is 29.3 Å². The minimum Gasteiger partial charge on any atom is -0.330 e. The summed E-state index contributed by atoms with van der Waals surface area (Å²) in [5, 5.41) is 7.45. The van der Waals surface area contributed by atoms with E-state index in [4.69, 9.17) is 5.73 Å². The molecule has 3 rings (SSSR count). The van der Waals surface area contributed by atoms with E-state index >= 15 is 0 Å². The van der Waals surface area contributed by atoms with Crippen molar-refractivity contribution in [1.29, 1.82) is 0 Å². The zero-order valence-corrected chi connectivity index (χ0v) is 12.2. The lowest BCUT2D eigenvalue weighted by Gasteiger charge is -2.08. The van der Waals surface area contributed by atoms with Crippen molar-refractivity contribution >= 4 is 11.8 Å². The van der Waals surface area contributed by atoms with E-state index in [2.05, 4.69) is 35.3 Å². The molecule has 20 heavy (non-hydrogen) atoms. The van der Waals surface area contributed by atoms with E-state index in [-0.39, 0.29) is 5.69 Å². The molecule has 5 nitrogen and oxygen atoms in total. The largest absolute Gasteiger partial charge is 0.344 e. The first-order chi connectivity index (χ1) is 9.69. The Morgan fingerprint density at radius 1 is 1.50 bits per heavy atom. The molecule has 0 amide bonds. The zero-order chi connectivity index (χ0) is 14.1. The first kappa shape index (κ1) is 13.5. The molecule has 1 heterocycles. The Morgan fingerprint density at radius 3 is 2.95 bits per heavy atom. The predicted molar refractivity (Wildman–Crippen MR) is 79.2 cm³/mol. The van der Waals surface area contributed by atoms with Crippen LogP contribution in [-0.4, -0.2) is 21.3 Å². The average Bonchev–Trinajstić information content (AvgIpc) is 3.18. The molecule has 1 saturated carbocycles. The number of nitrogens with one attached hydrogen (secondary N) is 1. The molecule has 106 valence electrons. The second kappa shape index (κ2) is 5.46. The smallest absolute Gasteiger partial charge is 0.330 e. The normalized spacial score (nSPS) is 14.7. The van der Waals surface area contributed by atoms with Crippen LogP contribution in [0.2, 0.25) is 0 Å². The van der Waals surface area contributed by atoms with Gasteiger partial charge in [-0.2, -0.15) is 0 Å². The number of H-pyrrole nitrogens is 1. The Hall–Kier alpha value is -1.53. The molecule has 6 heteroatoms. The van der Waals surface area contributed by atoms with E-state index in [1.54, 1.807) is 16.3 Å². The van der Waals surface area contributed by atoms with E-state index < -0.39 is 0 Å². The fourth-order valence-electron chi connectivity index (χ4n) is 2.26. The van der Waals surface area contributed by atoms with Crippen LogP contribution < -0.4 is 11.4 Å². The number of nitrogens with two attached hydrogens (primary N) is 1. The third kappa shape index (κ3) is 2.66. The summed E-state index contributed by atoms with van der Waals surface area (Å²) in [5.41, 5.74) is 7.91. The number of rotatable bonds is 5. The van der Waals surface area contributed by atoms with Gasteiger partial charge < -0.3 is 5.73 Å². The van der Waals surface area contributed by atoms with E-state index in [0.29, 0.717) is 12.6 Å². The van der Waals surface area contributed by atoms with Gasteiger partial charge in [0.2, 0.25) is 0 Å². The second-order valence-electron chi connectivity index (χ2n) is 5.15. The van der Waals surface area contributed by atoms with Crippen LogP contribution in [0, 0.1) is 6.92 Å². The third-order valence-corrected chi connectivity index (χ3v) is 4.61. The molecule has 0 radical (unpaired) electrons. The average molecular weight is 290 g/mol. The number of aryl methyl sites for hydroxylation is 1. The predicted octanol–water partition coefficient (Wildman–Crippen LogP) is 1.87. The molecule has 2 aromatic rings. The standard InChI is InChI=1S/C14H18N4OS/c1-9-8-10(6-7-15)2-5-12(9)20-14-17-16-13(19)18(14)11-3-4-11/h2,5,8,11H,3-4,6-7,15H2,1H3,(H,16,19). The van der Waals surface area contributed by atoms with Gasteiger partial charge in [0.15, 0.2) is 5.16 Å². The summed E-state index contributed by atoms with van der Waals surface area (Å²) < 4.78 is 1.78. The van der Waals surface area contributed by atoms with Gasteiger partial charge in [0.05, 0.1) is 0 Å². The number of nitrogens with zero attached hydrogens (tertiary/aromatic N) is 2. The molecule has 0 aliphatic heterocycles. The molecule has 0 spiro atoms. The molecule has 1 aromatic heterocycles. The number of aromatic amines is 1. The van der Waals surface area contributed by atoms with E-state index in [9.17, 15) is 4.79 Å². The van der Waals surface area contributed by atoms with Crippen LogP contribution in [0.4, 0.5) is 0 Å². The van der Waals surface area contributed by atoms with Gasteiger partial charge in [-0.25, -0.2) is 9.89 Å². The van der Waals surface area contributed by atoms with Gasteiger partial charge in [-0.1, -0.05) is 12.1 Å². The highest BCUT2D eigenvalue weighted by atomic mass is 32.2. The van der Waals surface area contributed by atoms with Gasteiger partial charge in [-0.15, -0.1) is 5.10 Å². The van der Waals surface area contributed by atoms with Crippen molar-refractivity contribution in [3.05, 3.63) is 39.8 Å². The Morgan fingerprint density at radius 2 is 2.30 bits per heavy atom. The van der Waals surface area contributed by atoms with Gasteiger partial charge in [-0.3, -0.25) is 4.57 Å². The molecule has 0 bridgehead atoms. The van der Waals surface area contributed by atoms with Crippen LogP contribution in [-0.2, 0) is 6.42 Å². The number of hydrogen-bond donors (Lipinski definition) is 2. The van der Waals surface area contributed by atoms with Gasteiger partial charge in [-0.05, 0) is 61.7 Å². The van der Waals surface area contributed by atoms with Gasteiger partial charge in [0.25, 0.3) is 0 Å². The van der Waals surface area contributed by atoms with Crippen LogP contribution in [0.5, 0.6) is 0 Å². The minimum absolute atomic E-state index is 0.104.